The van der Waals surface area contributed by atoms with E-state index in [9.17, 15) is 27.2 Å². The van der Waals surface area contributed by atoms with Gasteiger partial charge in [-0.15, -0.1) is 0 Å². The fourth-order valence-corrected chi connectivity index (χ4v) is 2.16. The van der Waals surface area contributed by atoms with Crippen LogP contribution in [0.15, 0.2) is 18.2 Å². The van der Waals surface area contributed by atoms with E-state index in [1.807, 2.05) is 5.32 Å². The second-order valence-electron chi connectivity index (χ2n) is 4.91. The number of primary amides is 1. The van der Waals surface area contributed by atoms with Crippen molar-refractivity contribution in [3.05, 3.63) is 35.4 Å². The van der Waals surface area contributed by atoms with Gasteiger partial charge in [0.05, 0.1) is 0 Å². The molecule has 0 atom stereocenters. The summed E-state index contributed by atoms with van der Waals surface area (Å²) in [6.07, 6.45) is 0.272. The Labute approximate surface area is 117 Å². The first-order chi connectivity index (χ1) is 9.73. The summed E-state index contributed by atoms with van der Waals surface area (Å²) >= 11 is 0. The number of nitrogens with one attached hydrogen (secondary N) is 1. The van der Waals surface area contributed by atoms with Gasteiger partial charge in [0, 0.05) is 12.0 Å². The van der Waals surface area contributed by atoms with E-state index in [0.717, 1.165) is 6.07 Å². The molecular formula is C13H12F4N2O2. The molecule has 0 aromatic heterocycles. The zero-order chi connectivity index (χ0) is 15.8. The maximum absolute atomic E-state index is 13.9. The molecule has 0 radical (unpaired) electrons. The van der Waals surface area contributed by atoms with E-state index in [0.29, 0.717) is 12.1 Å². The molecule has 0 saturated heterocycles. The van der Waals surface area contributed by atoms with Crippen LogP contribution in [0, 0.1) is 17.6 Å². The van der Waals surface area contributed by atoms with Crippen molar-refractivity contribution in [3.63, 3.8) is 0 Å². The Hall–Kier alpha value is -2.12. The van der Waals surface area contributed by atoms with Crippen molar-refractivity contribution in [1.29, 1.82) is 0 Å². The van der Waals surface area contributed by atoms with Crippen molar-refractivity contribution < 1.29 is 27.2 Å². The highest BCUT2D eigenvalue weighted by atomic mass is 19.3. The smallest absolute Gasteiger partial charge is 0.355 e. The summed E-state index contributed by atoms with van der Waals surface area (Å²) in [7, 11) is 0. The van der Waals surface area contributed by atoms with Crippen molar-refractivity contribution in [2.45, 2.75) is 24.8 Å². The normalized spacial score (nSPS) is 21.5. The molecule has 2 rings (SSSR count). The first-order valence-electron chi connectivity index (χ1n) is 6.16. The van der Waals surface area contributed by atoms with Crippen LogP contribution in [0.4, 0.5) is 17.6 Å². The van der Waals surface area contributed by atoms with Gasteiger partial charge in [-0.25, -0.2) is 8.78 Å². The third kappa shape index (κ3) is 2.84. The van der Waals surface area contributed by atoms with Crippen LogP contribution in [0.1, 0.15) is 18.4 Å². The number of benzene rings is 1. The molecule has 4 nitrogen and oxygen atoms in total. The topological polar surface area (TPSA) is 72.2 Å². The Morgan fingerprint density at radius 3 is 2.19 bits per heavy atom. The van der Waals surface area contributed by atoms with Gasteiger partial charge in [0.2, 0.25) is 5.91 Å². The van der Waals surface area contributed by atoms with Crippen LogP contribution in [-0.2, 0) is 15.5 Å². The average Bonchev–Trinajstić information content (AvgIpc) is 2.31. The lowest BCUT2D eigenvalue weighted by Gasteiger charge is -2.34. The minimum atomic E-state index is -4.34. The minimum Gasteiger partial charge on any atom is -0.369 e. The SMILES string of the molecule is NC(=O)C1CC(NC(=O)C(F)(F)c2c(F)cccc2F)C1. The number of amides is 2. The van der Waals surface area contributed by atoms with Crippen LogP contribution < -0.4 is 11.1 Å². The number of nitrogens with two attached hydrogens (primary N) is 1. The van der Waals surface area contributed by atoms with Gasteiger partial charge < -0.3 is 11.1 Å². The Kier molecular flexibility index (Phi) is 3.89. The van der Waals surface area contributed by atoms with Gasteiger partial charge in [-0.2, -0.15) is 8.78 Å². The van der Waals surface area contributed by atoms with Gasteiger partial charge in [0.15, 0.2) is 0 Å². The minimum absolute atomic E-state index is 0.136. The summed E-state index contributed by atoms with van der Waals surface area (Å²) < 4.78 is 54.4. The summed E-state index contributed by atoms with van der Waals surface area (Å²) in [5.74, 6) is -10.2. The highest BCUT2D eigenvalue weighted by molar-refractivity contribution is 5.85. The van der Waals surface area contributed by atoms with Crippen molar-refractivity contribution in [2.75, 3.05) is 0 Å². The molecule has 0 unspecified atom stereocenters. The van der Waals surface area contributed by atoms with Crippen molar-refractivity contribution >= 4 is 11.8 Å². The summed E-state index contributed by atoms with van der Waals surface area (Å²) in [6.45, 7) is 0. The van der Waals surface area contributed by atoms with Gasteiger partial charge >= 0.3 is 5.92 Å². The molecule has 1 fully saturated rings. The molecule has 114 valence electrons. The Balaban J connectivity index is 2.10. The molecule has 1 aliphatic rings. The molecule has 1 saturated carbocycles. The second-order valence-corrected chi connectivity index (χ2v) is 4.91. The standard InChI is InChI=1S/C13H12F4N2O2/c14-8-2-1-3-9(15)10(8)13(16,17)12(21)19-7-4-6(5-7)11(18)20/h1-3,6-7H,4-5H2,(H2,18,20)(H,19,21). The molecule has 8 heteroatoms. The predicted molar refractivity (Wildman–Crippen MR) is 64.1 cm³/mol. The van der Waals surface area contributed by atoms with Crippen LogP contribution in [0.5, 0.6) is 0 Å². The van der Waals surface area contributed by atoms with Gasteiger partial charge in [-0.05, 0) is 25.0 Å². The fraction of sp³-hybridized carbons (Fsp3) is 0.385. The lowest BCUT2D eigenvalue weighted by atomic mass is 9.79. The van der Waals surface area contributed by atoms with Crippen LogP contribution in [0.2, 0.25) is 0 Å². The lowest BCUT2D eigenvalue weighted by Crippen LogP contribution is -2.52. The van der Waals surface area contributed by atoms with Gasteiger partial charge in [-0.1, -0.05) is 6.07 Å². The number of carbonyl (C=O) groups excluding carboxylic acids is 2. The van der Waals surface area contributed by atoms with Crippen molar-refractivity contribution in [2.24, 2.45) is 11.7 Å². The highest BCUT2D eigenvalue weighted by Crippen LogP contribution is 2.34. The van der Waals surface area contributed by atoms with E-state index >= 15 is 0 Å². The zero-order valence-electron chi connectivity index (χ0n) is 10.7. The number of halogens is 4. The van der Waals surface area contributed by atoms with Crippen LogP contribution in [-0.4, -0.2) is 17.9 Å². The van der Waals surface area contributed by atoms with Gasteiger partial charge in [-0.3, -0.25) is 9.59 Å². The first-order valence-corrected chi connectivity index (χ1v) is 6.16. The Morgan fingerprint density at radius 1 is 1.19 bits per heavy atom. The highest BCUT2D eigenvalue weighted by Gasteiger charge is 2.47. The Morgan fingerprint density at radius 2 is 1.71 bits per heavy atom. The van der Waals surface area contributed by atoms with Crippen LogP contribution in [0.3, 0.4) is 0 Å². The summed E-state index contributed by atoms with van der Waals surface area (Å²) in [4.78, 5) is 22.3. The van der Waals surface area contributed by atoms with Crippen LogP contribution >= 0.6 is 0 Å². The summed E-state index contributed by atoms with van der Waals surface area (Å²) in [5.41, 5.74) is 3.42. The number of hydrogen-bond acceptors (Lipinski definition) is 2. The van der Waals surface area contributed by atoms with Crippen molar-refractivity contribution in [3.8, 4) is 0 Å². The molecule has 0 bridgehead atoms. The molecule has 1 aromatic carbocycles. The number of hydrogen-bond donors (Lipinski definition) is 2. The molecule has 3 N–H and O–H groups in total. The molecule has 1 aliphatic carbocycles. The second kappa shape index (κ2) is 5.34. The molecule has 2 amide bonds. The molecule has 1 aromatic rings. The summed E-state index contributed by atoms with van der Waals surface area (Å²) in [5, 5.41) is 1.96. The molecule has 0 heterocycles. The Bertz CT molecular complexity index is 565. The molecule has 21 heavy (non-hydrogen) atoms. The van der Waals surface area contributed by atoms with E-state index in [1.165, 1.54) is 0 Å². The quantitative estimate of drug-likeness (QED) is 0.826. The third-order valence-electron chi connectivity index (χ3n) is 3.44. The predicted octanol–water partition coefficient (Wildman–Crippen LogP) is 1.44. The summed E-state index contributed by atoms with van der Waals surface area (Å²) in [6, 6.07) is 1.56. The maximum Gasteiger partial charge on any atom is 0.355 e. The monoisotopic (exact) mass is 304 g/mol. The van der Waals surface area contributed by atoms with Gasteiger partial charge in [0.25, 0.3) is 5.91 Å². The average molecular weight is 304 g/mol. The van der Waals surface area contributed by atoms with E-state index in [4.69, 9.17) is 5.73 Å². The van der Waals surface area contributed by atoms with E-state index < -0.39 is 46.9 Å². The number of carbonyl (C=O) groups is 2. The van der Waals surface area contributed by atoms with E-state index in [2.05, 4.69) is 0 Å². The fourth-order valence-electron chi connectivity index (χ4n) is 2.16. The molecular weight excluding hydrogens is 292 g/mol. The largest absolute Gasteiger partial charge is 0.369 e. The van der Waals surface area contributed by atoms with E-state index in [1.54, 1.807) is 0 Å². The van der Waals surface area contributed by atoms with Crippen LogP contribution in [0.25, 0.3) is 0 Å². The van der Waals surface area contributed by atoms with Crippen molar-refractivity contribution in [1.82, 2.24) is 5.32 Å². The molecule has 0 spiro atoms. The molecule has 0 aliphatic heterocycles. The third-order valence-corrected chi connectivity index (χ3v) is 3.44. The first kappa shape index (κ1) is 15.3. The zero-order valence-corrected chi connectivity index (χ0v) is 10.7. The van der Waals surface area contributed by atoms with Gasteiger partial charge in [0.1, 0.15) is 17.2 Å². The lowest BCUT2D eigenvalue weighted by molar-refractivity contribution is -0.150. The van der Waals surface area contributed by atoms with E-state index in [-0.39, 0.29) is 12.8 Å². The maximum atomic E-state index is 13.9. The number of alkyl halides is 2. The number of rotatable bonds is 4.